The number of benzene rings is 3. The molecule has 0 aliphatic carbocycles. The maximum Gasteiger partial charge on any atom is 0.338 e. The van der Waals surface area contributed by atoms with Crippen LogP contribution in [0.5, 0.6) is 0 Å². The number of nitrogens with one attached hydrogen (secondary N) is 2. The van der Waals surface area contributed by atoms with E-state index in [0.29, 0.717) is 28.1 Å². The standard InChI is InChI=1S/C26H23Br2N3O3/c1-4-34-26(33)16-10-11-18-21(12-16)30-25(32)22(18)23(15-8-6-5-7-9-15)29-17-13-19(27)24(31(2)3)20(28)14-17/h5-14,29H,4H2,1-3H3,(H,30,32)/b23-22-. The lowest BCUT2D eigenvalue weighted by molar-refractivity contribution is -0.110. The molecule has 0 saturated heterocycles. The van der Waals surface area contributed by atoms with Gasteiger partial charge in [-0.05, 0) is 68.6 Å². The van der Waals surface area contributed by atoms with Gasteiger partial charge in [-0.15, -0.1) is 0 Å². The Bertz CT molecular complexity index is 1280. The van der Waals surface area contributed by atoms with Gasteiger partial charge in [-0.2, -0.15) is 0 Å². The molecule has 6 nitrogen and oxygen atoms in total. The van der Waals surface area contributed by atoms with E-state index in [4.69, 9.17) is 4.74 Å². The molecule has 0 radical (unpaired) electrons. The Kier molecular flexibility index (Phi) is 7.09. The molecule has 8 heteroatoms. The smallest absolute Gasteiger partial charge is 0.338 e. The van der Waals surface area contributed by atoms with Gasteiger partial charge in [0.15, 0.2) is 0 Å². The number of amides is 1. The van der Waals surface area contributed by atoms with E-state index < -0.39 is 5.97 Å². The van der Waals surface area contributed by atoms with Gasteiger partial charge in [0.1, 0.15) is 0 Å². The summed E-state index contributed by atoms with van der Waals surface area (Å²) in [5.41, 5.74) is 5.52. The number of halogens is 2. The van der Waals surface area contributed by atoms with Gasteiger partial charge < -0.3 is 20.3 Å². The summed E-state index contributed by atoms with van der Waals surface area (Å²) in [7, 11) is 3.94. The van der Waals surface area contributed by atoms with Crippen LogP contribution >= 0.6 is 31.9 Å². The number of carbonyl (C=O) groups excluding carboxylic acids is 2. The van der Waals surface area contributed by atoms with E-state index in [-0.39, 0.29) is 12.5 Å². The first-order valence-electron chi connectivity index (χ1n) is 10.7. The number of anilines is 3. The molecule has 3 aromatic rings. The summed E-state index contributed by atoms with van der Waals surface area (Å²) in [5, 5.41) is 6.36. The minimum absolute atomic E-state index is 0.245. The van der Waals surface area contributed by atoms with Gasteiger partial charge in [0.05, 0.1) is 34.8 Å². The van der Waals surface area contributed by atoms with E-state index in [2.05, 4.69) is 42.5 Å². The van der Waals surface area contributed by atoms with Crippen LogP contribution in [0.3, 0.4) is 0 Å². The summed E-state index contributed by atoms with van der Waals surface area (Å²) in [6.45, 7) is 2.04. The van der Waals surface area contributed by atoms with Crippen molar-refractivity contribution in [2.24, 2.45) is 0 Å². The van der Waals surface area contributed by atoms with Gasteiger partial charge in [-0.25, -0.2) is 4.79 Å². The van der Waals surface area contributed by atoms with E-state index in [9.17, 15) is 9.59 Å². The molecule has 1 aliphatic heterocycles. The van der Waals surface area contributed by atoms with Crippen molar-refractivity contribution in [2.45, 2.75) is 6.92 Å². The van der Waals surface area contributed by atoms with Crippen molar-refractivity contribution in [3.63, 3.8) is 0 Å². The van der Waals surface area contributed by atoms with Crippen LogP contribution < -0.4 is 15.5 Å². The molecule has 174 valence electrons. The van der Waals surface area contributed by atoms with Gasteiger partial charge in [-0.3, -0.25) is 4.79 Å². The molecule has 0 fully saturated rings. The molecule has 0 atom stereocenters. The van der Waals surface area contributed by atoms with Crippen LogP contribution in [0.4, 0.5) is 17.1 Å². The second kappa shape index (κ2) is 10.0. The third-order valence-corrected chi connectivity index (χ3v) is 6.53. The number of rotatable bonds is 6. The molecule has 0 aromatic heterocycles. The van der Waals surface area contributed by atoms with Gasteiger partial charge in [0.2, 0.25) is 0 Å². The van der Waals surface area contributed by atoms with Crippen LogP contribution in [-0.2, 0) is 9.53 Å². The molecule has 0 spiro atoms. The Balaban J connectivity index is 1.84. The largest absolute Gasteiger partial charge is 0.462 e. The first kappa shape index (κ1) is 24.0. The van der Waals surface area contributed by atoms with Crippen LogP contribution in [0.15, 0.2) is 69.6 Å². The summed E-state index contributed by atoms with van der Waals surface area (Å²) in [6, 6.07) is 18.7. The van der Waals surface area contributed by atoms with Crippen molar-refractivity contribution < 1.29 is 14.3 Å². The van der Waals surface area contributed by atoms with Crippen LogP contribution in [0.1, 0.15) is 28.4 Å². The van der Waals surface area contributed by atoms with Gasteiger partial charge in [-0.1, -0.05) is 36.4 Å². The number of hydrogen-bond acceptors (Lipinski definition) is 5. The minimum Gasteiger partial charge on any atom is -0.462 e. The quantitative estimate of drug-likeness (QED) is 0.260. The van der Waals surface area contributed by atoms with Crippen LogP contribution in [-0.4, -0.2) is 32.6 Å². The Morgan fingerprint density at radius 2 is 1.68 bits per heavy atom. The maximum absolute atomic E-state index is 13.2. The van der Waals surface area contributed by atoms with E-state index in [1.165, 1.54) is 0 Å². The number of esters is 1. The highest BCUT2D eigenvalue weighted by molar-refractivity contribution is 9.11. The average Bonchev–Trinajstić information content (AvgIpc) is 3.12. The van der Waals surface area contributed by atoms with Crippen LogP contribution in [0, 0.1) is 0 Å². The van der Waals surface area contributed by atoms with E-state index >= 15 is 0 Å². The third kappa shape index (κ3) is 4.74. The molecule has 0 saturated carbocycles. The van der Waals surface area contributed by atoms with Crippen molar-refractivity contribution in [3.8, 4) is 0 Å². The Morgan fingerprint density at radius 3 is 2.29 bits per heavy atom. The molecular weight excluding hydrogens is 562 g/mol. The summed E-state index contributed by atoms with van der Waals surface area (Å²) in [4.78, 5) is 27.4. The fourth-order valence-electron chi connectivity index (χ4n) is 3.86. The van der Waals surface area contributed by atoms with Crippen LogP contribution in [0.25, 0.3) is 11.3 Å². The molecule has 1 heterocycles. The van der Waals surface area contributed by atoms with Crippen molar-refractivity contribution in [1.82, 2.24) is 0 Å². The Labute approximate surface area is 215 Å². The SMILES string of the molecule is CCOC(=O)c1ccc2c(c1)NC(=O)/C2=C(\Nc1cc(Br)c(N(C)C)c(Br)c1)c1ccccc1. The predicted molar refractivity (Wildman–Crippen MR) is 144 cm³/mol. The summed E-state index contributed by atoms with van der Waals surface area (Å²) in [5.74, 6) is -0.667. The Morgan fingerprint density at radius 1 is 1.00 bits per heavy atom. The fraction of sp³-hybridized carbons (Fsp3) is 0.154. The fourth-order valence-corrected chi connectivity index (χ4v) is 5.75. The number of carbonyl (C=O) groups is 2. The molecule has 3 aromatic carbocycles. The molecular formula is C26H23Br2N3O3. The van der Waals surface area contributed by atoms with E-state index in [0.717, 1.165) is 25.9 Å². The zero-order valence-electron chi connectivity index (χ0n) is 18.9. The molecule has 1 aliphatic rings. The zero-order chi connectivity index (χ0) is 24.4. The molecule has 1 amide bonds. The maximum atomic E-state index is 13.2. The van der Waals surface area contributed by atoms with Gasteiger partial charge in [0.25, 0.3) is 5.91 Å². The third-order valence-electron chi connectivity index (χ3n) is 5.32. The van der Waals surface area contributed by atoms with Crippen molar-refractivity contribution >= 4 is 72.1 Å². The highest BCUT2D eigenvalue weighted by Gasteiger charge is 2.29. The highest BCUT2D eigenvalue weighted by atomic mass is 79.9. The summed E-state index contributed by atoms with van der Waals surface area (Å²) >= 11 is 7.30. The molecule has 34 heavy (non-hydrogen) atoms. The number of ether oxygens (including phenoxy) is 1. The number of nitrogens with zero attached hydrogens (tertiary/aromatic N) is 1. The molecule has 0 unspecified atom stereocenters. The lowest BCUT2D eigenvalue weighted by Crippen LogP contribution is -2.12. The monoisotopic (exact) mass is 583 g/mol. The summed E-state index contributed by atoms with van der Waals surface area (Å²) in [6.07, 6.45) is 0. The van der Waals surface area contributed by atoms with Crippen molar-refractivity contribution in [2.75, 3.05) is 36.2 Å². The highest BCUT2D eigenvalue weighted by Crippen LogP contribution is 2.40. The molecule has 0 bridgehead atoms. The minimum atomic E-state index is -0.422. The van der Waals surface area contributed by atoms with Crippen LogP contribution in [0.2, 0.25) is 0 Å². The van der Waals surface area contributed by atoms with Gasteiger partial charge in [0, 0.05) is 34.3 Å². The lowest BCUT2D eigenvalue weighted by atomic mass is 9.99. The second-order valence-electron chi connectivity index (χ2n) is 7.86. The summed E-state index contributed by atoms with van der Waals surface area (Å²) < 4.78 is 6.91. The molecule has 4 rings (SSSR count). The number of hydrogen-bond donors (Lipinski definition) is 2. The zero-order valence-corrected chi connectivity index (χ0v) is 22.1. The van der Waals surface area contributed by atoms with Crippen molar-refractivity contribution in [1.29, 1.82) is 0 Å². The molecule has 2 N–H and O–H groups in total. The topological polar surface area (TPSA) is 70.7 Å². The predicted octanol–water partition coefficient (Wildman–Crippen LogP) is 6.39. The lowest BCUT2D eigenvalue weighted by Gasteiger charge is -2.20. The first-order chi connectivity index (χ1) is 16.3. The normalized spacial score (nSPS) is 13.7. The first-order valence-corrected chi connectivity index (χ1v) is 12.2. The second-order valence-corrected chi connectivity index (χ2v) is 9.57. The number of fused-ring (bicyclic) bond motifs is 1. The Hall–Kier alpha value is -3.10. The van der Waals surface area contributed by atoms with E-state index in [1.807, 2.05) is 61.5 Å². The van der Waals surface area contributed by atoms with Gasteiger partial charge >= 0.3 is 5.97 Å². The van der Waals surface area contributed by atoms with Crippen molar-refractivity contribution in [3.05, 3.63) is 86.3 Å². The average molecular weight is 585 g/mol. The van der Waals surface area contributed by atoms with E-state index in [1.54, 1.807) is 25.1 Å².